The topological polar surface area (TPSA) is 144 Å². The normalized spacial score (nSPS) is 11.0. The predicted molar refractivity (Wildman–Crippen MR) is 105 cm³/mol. The molecule has 150 valence electrons. The smallest absolute Gasteiger partial charge is 0.345 e. The van der Waals surface area contributed by atoms with Crippen LogP contribution in [0.15, 0.2) is 23.0 Å². The summed E-state index contributed by atoms with van der Waals surface area (Å²) in [7, 11) is 3.67. The highest BCUT2D eigenvalue weighted by atomic mass is 19.1. The first kappa shape index (κ1) is 21.1. The van der Waals surface area contributed by atoms with E-state index in [2.05, 4.69) is 9.97 Å². The molecule has 28 heavy (non-hydrogen) atoms. The van der Waals surface area contributed by atoms with Crippen LogP contribution >= 0.6 is 0 Å². The van der Waals surface area contributed by atoms with Crippen LogP contribution in [0.25, 0.3) is 22.2 Å². The summed E-state index contributed by atoms with van der Waals surface area (Å²) in [6.45, 7) is 2.14. The molecule has 0 unspecified atom stereocenters. The van der Waals surface area contributed by atoms with Gasteiger partial charge in [-0.2, -0.15) is 0 Å². The van der Waals surface area contributed by atoms with Crippen molar-refractivity contribution in [3.63, 3.8) is 0 Å². The number of benzene rings is 1. The predicted octanol–water partition coefficient (Wildman–Crippen LogP) is 2.85. The molecule has 0 saturated heterocycles. The lowest BCUT2D eigenvalue weighted by molar-refractivity contribution is 0.0691. The van der Waals surface area contributed by atoms with Crippen LogP contribution < -0.4 is 11.7 Å². The SMILES string of the molecule is CCc1c(-c2ccc3c(F)c(CN(C)C)[nH]c3c2)[nH]c(=O)c(C(=O)O)c1O.N. The summed E-state index contributed by atoms with van der Waals surface area (Å²) in [5.74, 6) is -2.38. The molecule has 0 amide bonds. The lowest BCUT2D eigenvalue weighted by Crippen LogP contribution is -2.20. The van der Waals surface area contributed by atoms with E-state index in [1.807, 2.05) is 19.0 Å². The highest BCUT2D eigenvalue weighted by molar-refractivity contribution is 5.92. The molecule has 1 aromatic carbocycles. The fraction of sp³-hybridized carbons (Fsp3) is 0.263. The van der Waals surface area contributed by atoms with E-state index in [1.165, 1.54) is 0 Å². The molecule has 0 aliphatic carbocycles. The molecule has 9 heteroatoms. The van der Waals surface area contributed by atoms with Gasteiger partial charge in [0.2, 0.25) is 0 Å². The van der Waals surface area contributed by atoms with Crippen molar-refractivity contribution in [2.75, 3.05) is 14.1 Å². The van der Waals surface area contributed by atoms with E-state index >= 15 is 0 Å². The molecule has 2 aromatic heterocycles. The van der Waals surface area contributed by atoms with Crippen molar-refractivity contribution >= 4 is 16.9 Å². The number of aromatic nitrogens is 2. The number of nitrogens with zero attached hydrogens (tertiary/aromatic N) is 1. The zero-order valence-corrected chi connectivity index (χ0v) is 15.9. The van der Waals surface area contributed by atoms with Crippen molar-refractivity contribution in [2.24, 2.45) is 0 Å². The van der Waals surface area contributed by atoms with Gasteiger partial charge in [0.25, 0.3) is 5.56 Å². The average Bonchev–Trinajstić information content (AvgIpc) is 2.88. The quantitative estimate of drug-likeness (QED) is 0.453. The standard InChI is InChI=1S/C19H20FN3O4.H3N/c1-4-10-16(22-18(25)14(17(10)24)19(26)27)9-5-6-11-12(7-9)21-13(15(11)20)8-23(2)3;/h5-7,21H,4,8H2,1-3H3,(H,26,27)(H2,22,24,25);1H3. The molecule has 0 atom stereocenters. The Labute approximate surface area is 160 Å². The number of carboxylic acid groups (broad SMARTS) is 1. The molecule has 0 aliphatic heterocycles. The second kappa shape index (κ2) is 7.83. The van der Waals surface area contributed by atoms with Crippen LogP contribution in [0, 0.1) is 5.82 Å². The Morgan fingerprint density at radius 3 is 2.50 bits per heavy atom. The van der Waals surface area contributed by atoms with Crippen molar-refractivity contribution in [1.29, 1.82) is 0 Å². The Kier molecular flexibility index (Phi) is 5.91. The Hall–Kier alpha value is -3.17. The molecule has 2 heterocycles. The van der Waals surface area contributed by atoms with Crippen molar-refractivity contribution in [3.8, 4) is 17.0 Å². The molecule has 8 nitrogen and oxygen atoms in total. The van der Waals surface area contributed by atoms with Gasteiger partial charge in [-0.1, -0.05) is 13.0 Å². The van der Waals surface area contributed by atoms with Crippen molar-refractivity contribution in [2.45, 2.75) is 19.9 Å². The lowest BCUT2D eigenvalue weighted by atomic mass is 10.00. The van der Waals surface area contributed by atoms with E-state index in [0.717, 1.165) is 0 Å². The zero-order valence-electron chi connectivity index (χ0n) is 15.9. The number of carbonyl (C=O) groups is 1. The first-order chi connectivity index (χ1) is 12.7. The number of nitrogens with one attached hydrogen (secondary N) is 2. The van der Waals surface area contributed by atoms with Crippen molar-refractivity contribution in [1.82, 2.24) is 21.0 Å². The first-order valence-electron chi connectivity index (χ1n) is 8.41. The van der Waals surface area contributed by atoms with Gasteiger partial charge in [0, 0.05) is 28.6 Å². The molecule has 0 spiro atoms. The fourth-order valence-corrected chi connectivity index (χ4v) is 3.22. The Morgan fingerprint density at radius 1 is 1.25 bits per heavy atom. The van der Waals surface area contributed by atoms with Crippen molar-refractivity contribution in [3.05, 3.63) is 51.2 Å². The maximum atomic E-state index is 14.5. The molecule has 0 radical (unpaired) electrons. The fourth-order valence-electron chi connectivity index (χ4n) is 3.22. The van der Waals surface area contributed by atoms with E-state index < -0.39 is 22.8 Å². The number of aromatic carboxylic acids is 1. The lowest BCUT2D eigenvalue weighted by Gasteiger charge is -2.12. The molecule has 0 bridgehead atoms. The number of halogens is 1. The summed E-state index contributed by atoms with van der Waals surface area (Å²) >= 11 is 0. The Morgan fingerprint density at radius 2 is 1.93 bits per heavy atom. The second-order valence-corrected chi connectivity index (χ2v) is 6.61. The minimum absolute atomic E-state index is 0. The Balaban J connectivity index is 0.00000280. The number of hydrogen-bond acceptors (Lipinski definition) is 5. The van der Waals surface area contributed by atoms with Crippen LogP contribution in [0.3, 0.4) is 0 Å². The number of pyridine rings is 1. The van der Waals surface area contributed by atoms with Gasteiger partial charge < -0.3 is 31.2 Å². The van der Waals surface area contributed by atoms with Gasteiger partial charge in [-0.25, -0.2) is 9.18 Å². The van der Waals surface area contributed by atoms with E-state index in [4.69, 9.17) is 5.11 Å². The minimum Gasteiger partial charge on any atom is -0.506 e. The van der Waals surface area contributed by atoms with E-state index in [-0.39, 0.29) is 12.0 Å². The number of hydrogen-bond donors (Lipinski definition) is 5. The largest absolute Gasteiger partial charge is 0.506 e. The summed E-state index contributed by atoms with van der Waals surface area (Å²) in [5, 5.41) is 19.8. The summed E-state index contributed by atoms with van der Waals surface area (Å²) in [6.07, 6.45) is 0.307. The molecule has 3 rings (SSSR count). The van der Waals surface area contributed by atoms with Crippen LogP contribution in [0.4, 0.5) is 4.39 Å². The number of fused-ring (bicyclic) bond motifs is 1. The molecular weight excluding hydrogens is 367 g/mol. The van der Waals surface area contributed by atoms with E-state index in [9.17, 15) is 19.1 Å². The Bertz CT molecular complexity index is 1100. The zero-order chi connectivity index (χ0) is 19.9. The number of rotatable bonds is 5. The van der Waals surface area contributed by atoms with Gasteiger partial charge in [0.15, 0.2) is 11.4 Å². The third-order valence-electron chi connectivity index (χ3n) is 4.43. The van der Waals surface area contributed by atoms with Gasteiger partial charge in [-0.15, -0.1) is 0 Å². The van der Waals surface area contributed by atoms with Crippen molar-refractivity contribution < 1.29 is 19.4 Å². The van der Waals surface area contributed by atoms with Gasteiger partial charge in [-0.3, -0.25) is 4.79 Å². The molecule has 0 fully saturated rings. The second-order valence-electron chi connectivity index (χ2n) is 6.61. The molecular formula is C19H23FN4O4. The third-order valence-corrected chi connectivity index (χ3v) is 4.43. The average molecular weight is 390 g/mol. The van der Waals surface area contributed by atoms with E-state index in [0.29, 0.717) is 46.4 Å². The number of aromatic amines is 2. The monoisotopic (exact) mass is 390 g/mol. The van der Waals surface area contributed by atoms with Gasteiger partial charge in [-0.05, 0) is 32.6 Å². The summed E-state index contributed by atoms with van der Waals surface area (Å²) in [6, 6.07) is 4.89. The maximum Gasteiger partial charge on any atom is 0.345 e. The number of aromatic hydroxyl groups is 1. The summed E-state index contributed by atoms with van der Waals surface area (Å²) in [4.78, 5) is 30.8. The highest BCUT2D eigenvalue weighted by Crippen LogP contribution is 2.32. The summed E-state index contributed by atoms with van der Waals surface area (Å²) in [5.41, 5.74) is 0.588. The molecule has 7 N–H and O–H groups in total. The highest BCUT2D eigenvalue weighted by Gasteiger charge is 2.22. The number of H-pyrrole nitrogens is 2. The van der Waals surface area contributed by atoms with Crippen LogP contribution in [0.1, 0.15) is 28.5 Å². The third kappa shape index (κ3) is 3.49. The van der Waals surface area contributed by atoms with Crippen LogP contribution in [-0.2, 0) is 13.0 Å². The van der Waals surface area contributed by atoms with E-state index in [1.54, 1.807) is 25.1 Å². The van der Waals surface area contributed by atoms with Crippen LogP contribution in [0.2, 0.25) is 0 Å². The number of carboxylic acids is 1. The van der Waals surface area contributed by atoms with Gasteiger partial charge >= 0.3 is 5.97 Å². The molecule has 0 aliphatic rings. The van der Waals surface area contributed by atoms with Crippen LogP contribution in [0.5, 0.6) is 5.75 Å². The van der Waals surface area contributed by atoms with Gasteiger partial charge in [0.05, 0.1) is 11.4 Å². The van der Waals surface area contributed by atoms with Crippen LogP contribution in [-0.4, -0.2) is 45.1 Å². The first-order valence-corrected chi connectivity index (χ1v) is 8.41. The minimum atomic E-state index is -1.50. The molecule has 3 aromatic rings. The maximum absolute atomic E-state index is 14.5. The van der Waals surface area contributed by atoms with Gasteiger partial charge in [0.1, 0.15) is 5.75 Å². The molecule has 0 saturated carbocycles. The summed E-state index contributed by atoms with van der Waals surface area (Å²) < 4.78 is 14.5.